The van der Waals surface area contributed by atoms with Crippen molar-refractivity contribution < 1.29 is 14.4 Å². The van der Waals surface area contributed by atoms with Crippen LogP contribution in [0.5, 0.6) is 0 Å². The zero-order valence-electron chi connectivity index (χ0n) is 7.53. The number of nitrogens with one attached hydrogen (secondary N) is 1. The summed E-state index contributed by atoms with van der Waals surface area (Å²) in [5.74, 6) is -1.69. The van der Waals surface area contributed by atoms with Crippen molar-refractivity contribution >= 4 is 30.4 Å². The molecule has 1 unspecified atom stereocenters. The van der Waals surface area contributed by atoms with E-state index in [4.69, 9.17) is 11.5 Å². The highest BCUT2D eigenvalue weighted by Gasteiger charge is 2.17. The lowest BCUT2D eigenvalue weighted by Gasteiger charge is -2.13. The van der Waals surface area contributed by atoms with Gasteiger partial charge in [-0.05, 0) is 6.42 Å². The number of primary amides is 2. The predicted molar refractivity (Wildman–Crippen MR) is 53.4 cm³/mol. The Bertz CT molecular complexity index is 244. The maximum Gasteiger partial charge on any atom is 0.240 e. The first-order valence-corrected chi connectivity index (χ1v) is 4.58. The Labute approximate surface area is 86.8 Å². The zero-order chi connectivity index (χ0) is 11.1. The molecule has 0 radical (unpaired) electrons. The Morgan fingerprint density at radius 2 is 1.86 bits per heavy atom. The fourth-order valence-corrected chi connectivity index (χ4v) is 0.903. The van der Waals surface area contributed by atoms with Gasteiger partial charge in [0.15, 0.2) is 0 Å². The van der Waals surface area contributed by atoms with Crippen molar-refractivity contribution in [1.29, 1.82) is 0 Å². The van der Waals surface area contributed by atoms with Crippen LogP contribution in [0.2, 0.25) is 0 Å². The molecule has 0 heterocycles. The fourth-order valence-electron chi connectivity index (χ4n) is 0.812. The Hall–Kier alpha value is -1.24. The maximum atomic E-state index is 10.9. The summed E-state index contributed by atoms with van der Waals surface area (Å²) >= 11 is 3.71. The second-order valence-electron chi connectivity index (χ2n) is 2.69. The van der Waals surface area contributed by atoms with Gasteiger partial charge in [0, 0.05) is 6.42 Å². The molecule has 0 spiro atoms. The monoisotopic (exact) mass is 219 g/mol. The normalized spacial score (nSPS) is 11.8. The van der Waals surface area contributed by atoms with Gasteiger partial charge in [-0.1, -0.05) is 0 Å². The van der Waals surface area contributed by atoms with Crippen LogP contribution < -0.4 is 16.8 Å². The minimum absolute atomic E-state index is 0.000454. The van der Waals surface area contributed by atoms with E-state index in [-0.39, 0.29) is 18.6 Å². The lowest BCUT2D eigenvalue weighted by Crippen LogP contribution is -2.45. The highest BCUT2D eigenvalue weighted by atomic mass is 32.1. The summed E-state index contributed by atoms with van der Waals surface area (Å²) in [4.78, 5) is 32.1. The van der Waals surface area contributed by atoms with Gasteiger partial charge in [-0.2, -0.15) is 12.6 Å². The molecule has 0 saturated carbocycles. The van der Waals surface area contributed by atoms with E-state index < -0.39 is 23.8 Å². The van der Waals surface area contributed by atoms with Gasteiger partial charge in [-0.15, -0.1) is 0 Å². The Morgan fingerprint density at radius 1 is 1.29 bits per heavy atom. The van der Waals surface area contributed by atoms with Gasteiger partial charge in [0.2, 0.25) is 17.7 Å². The third-order valence-electron chi connectivity index (χ3n) is 1.50. The van der Waals surface area contributed by atoms with Crippen molar-refractivity contribution in [2.75, 3.05) is 5.75 Å². The summed E-state index contributed by atoms with van der Waals surface area (Å²) in [5.41, 5.74) is 9.88. The van der Waals surface area contributed by atoms with Crippen LogP contribution in [-0.2, 0) is 14.4 Å². The van der Waals surface area contributed by atoms with Crippen molar-refractivity contribution in [1.82, 2.24) is 5.32 Å². The molecule has 80 valence electrons. The number of amides is 3. The average molecular weight is 219 g/mol. The molecule has 6 nitrogen and oxygen atoms in total. The molecule has 14 heavy (non-hydrogen) atoms. The molecule has 0 aliphatic heterocycles. The SMILES string of the molecule is NC(=O)CCC(NC(=O)CS)C(N)=O. The molecule has 0 saturated heterocycles. The summed E-state index contributed by atoms with van der Waals surface area (Å²) in [7, 11) is 0. The molecule has 0 bridgehead atoms. The quantitative estimate of drug-likeness (QED) is 0.393. The molecule has 1 atom stereocenters. The first-order chi connectivity index (χ1) is 6.47. The molecule has 5 N–H and O–H groups in total. The smallest absolute Gasteiger partial charge is 0.240 e. The van der Waals surface area contributed by atoms with Crippen LogP contribution in [0.3, 0.4) is 0 Å². The standard InChI is InChI=1S/C7H13N3O3S/c8-5(11)2-1-4(7(9)13)10-6(12)3-14/h4,14H,1-3H2,(H2,8,11)(H2,9,13)(H,10,12). The van der Waals surface area contributed by atoms with E-state index in [1.807, 2.05) is 0 Å². The van der Waals surface area contributed by atoms with E-state index in [0.717, 1.165) is 0 Å². The highest BCUT2D eigenvalue weighted by Crippen LogP contribution is 1.96. The lowest BCUT2D eigenvalue weighted by atomic mass is 10.1. The van der Waals surface area contributed by atoms with E-state index in [1.165, 1.54) is 0 Å². The van der Waals surface area contributed by atoms with E-state index >= 15 is 0 Å². The summed E-state index contributed by atoms with van der Waals surface area (Å²) in [6, 6.07) is -0.859. The molecule has 7 heteroatoms. The van der Waals surface area contributed by atoms with E-state index in [2.05, 4.69) is 17.9 Å². The van der Waals surface area contributed by atoms with E-state index in [9.17, 15) is 14.4 Å². The van der Waals surface area contributed by atoms with E-state index in [1.54, 1.807) is 0 Å². The van der Waals surface area contributed by atoms with Gasteiger partial charge in [0.05, 0.1) is 5.75 Å². The van der Waals surface area contributed by atoms with Crippen molar-refractivity contribution in [3.05, 3.63) is 0 Å². The van der Waals surface area contributed by atoms with Crippen LogP contribution in [0.15, 0.2) is 0 Å². The number of thiol groups is 1. The van der Waals surface area contributed by atoms with Gasteiger partial charge < -0.3 is 16.8 Å². The van der Waals surface area contributed by atoms with Crippen LogP contribution in [-0.4, -0.2) is 29.5 Å². The first-order valence-electron chi connectivity index (χ1n) is 3.95. The largest absolute Gasteiger partial charge is 0.370 e. The fraction of sp³-hybridized carbons (Fsp3) is 0.571. The first kappa shape index (κ1) is 12.8. The Kier molecular flexibility index (Phi) is 5.70. The minimum atomic E-state index is -0.859. The molecule has 3 amide bonds. The Morgan fingerprint density at radius 3 is 2.21 bits per heavy atom. The van der Waals surface area contributed by atoms with Crippen molar-refractivity contribution in [3.8, 4) is 0 Å². The highest BCUT2D eigenvalue weighted by molar-refractivity contribution is 7.81. The summed E-state index contributed by atoms with van der Waals surface area (Å²) in [6.45, 7) is 0. The third-order valence-corrected chi connectivity index (χ3v) is 1.79. The number of carbonyl (C=O) groups excluding carboxylic acids is 3. The summed E-state index contributed by atoms with van der Waals surface area (Å²) in [5, 5.41) is 2.32. The lowest BCUT2D eigenvalue weighted by molar-refractivity contribution is -0.126. The average Bonchev–Trinajstić information content (AvgIpc) is 2.10. The van der Waals surface area contributed by atoms with Crippen LogP contribution in [0.4, 0.5) is 0 Å². The van der Waals surface area contributed by atoms with Crippen LogP contribution in [0.1, 0.15) is 12.8 Å². The van der Waals surface area contributed by atoms with Crippen molar-refractivity contribution in [3.63, 3.8) is 0 Å². The number of nitrogens with two attached hydrogens (primary N) is 2. The maximum absolute atomic E-state index is 10.9. The topological polar surface area (TPSA) is 115 Å². The summed E-state index contributed by atoms with van der Waals surface area (Å²) in [6.07, 6.45) is 0.116. The second-order valence-corrected chi connectivity index (χ2v) is 3.00. The molecule has 0 aliphatic carbocycles. The molecular weight excluding hydrogens is 206 g/mol. The van der Waals surface area contributed by atoms with Crippen LogP contribution in [0, 0.1) is 0 Å². The zero-order valence-corrected chi connectivity index (χ0v) is 8.42. The second kappa shape index (κ2) is 6.25. The third kappa shape index (κ3) is 5.41. The predicted octanol–water partition coefficient (Wildman–Crippen LogP) is -1.85. The minimum Gasteiger partial charge on any atom is -0.370 e. The van der Waals surface area contributed by atoms with Crippen molar-refractivity contribution in [2.24, 2.45) is 11.5 Å². The Balaban J connectivity index is 4.09. The van der Waals surface area contributed by atoms with E-state index in [0.29, 0.717) is 0 Å². The molecular formula is C7H13N3O3S. The molecule has 0 aromatic rings. The number of hydrogen-bond donors (Lipinski definition) is 4. The number of hydrogen-bond acceptors (Lipinski definition) is 4. The molecule has 0 aromatic carbocycles. The van der Waals surface area contributed by atoms with Gasteiger partial charge in [-0.3, -0.25) is 14.4 Å². The van der Waals surface area contributed by atoms with Gasteiger partial charge in [-0.25, -0.2) is 0 Å². The molecule has 0 fully saturated rings. The molecule has 0 aromatic heterocycles. The number of carbonyl (C=O) groups is 3. The number of rotatable bonds is 6. The molecule has 0 rings (SSSR count). The van der Waals surface area contributed by atoms with Crippen LogP contribution >= 0.6 is 12.6 Å². The summed E-state index contributed by atoms with van der Waals surface area (Å²) < 4.78 is 0. The van der Waals surface area contributed by atoms with Crippen molar-refractivity contribution in [2.45, 2.75) is 18.9 Å². The van der Waals surface area contributed by atoms with Crippen LogP contribution in [0.25, 0.3) is 0 Å². The van der Waals surface area contributed by atoms with Gasteiger partial charge in [0.25, 0.3) is 0 Å². The van der Waals surface area contributed by atoms with Gasteiger partial charge in [0.1, 0.15) is 6.04 Å². The van der Waals surface area contributed by atoms with Gasteiger partial charge >= 0.3 is 0 Å². The molecule has 0 aliphatic rings.